The first-order valence-corrected chi connectivity index (χ1v) is 15.3. The SMILES string of the molecule is CCOC(=O)N1c2ccc(OC)nc2[C@@H](c2ncc(C3CCCNC3)c(Cc3cc(C(F)(F)F)cc(C(F)(F)F)c3)n2)C[C@@]1(N)CC. The zero-order valence-electron chi connectivity index (χ0n) is 26.1. The molecule has 3 atom stereocenters. The van der Waals surface area contributed by atoms with Crippen molar-refractivity contribution < 1.29 is 40.6 Å². The van der Waals surface area contributed by atoms with Gasteiger partial charge in [-0.15, -0.1) is 0 Å². The van der Waals surface area contributed by atoms with Gasteiger partial charge in [-0.1, -0.05) is 6.92 Å². The molecule has 0 aliphatic carbocycles. The van der Waals surface area contributed by atoms with Crippen LogP contribution in [0.25, 0.3) is 0 Å². The van der Waals surface area contributed by atoms with Crippen LogP contribution in [-0.2, 0) is 23.5 Å². The number of fused-ring (bicyclic) bond motifs is 1. The van der Waals surface area contributed by atoms with E-state index in [-0.39, 0.29) is 48.7 Å². The van der Waals surface area contributed by atoms with Crippen molar-refractivity contribution in [2.24, 2.45) is 5.73 Å². The largest absolute Gasteiger partial charge is 0.481 e. The first kappa shape index (κ1) is 34.4. The van der Waals surface area contributed by atoms with Gasteiger partial charge in [0.1, 0.15) is 11.5 Å². The van der Waals surface area contributed by atoms with Crippen LogP contribution in [0.5, 0.6) is 5.88 Å². The van der Waals surface area contributed by atoms with Gasteiger partial charge in [0, 0.05) is 25.2 Å². The lowest BCUT2D eigenvalue weighted by atomic mass is 9.82. The van der Waals surface area contributed by atoms with Crippen molar-refractivity contribution in [2.75, 3.05) is 31.7 Å². The quantitative estimate of drug-likeness (QED) is 0.273. The molecule has 1 unspecified atom stereocenters. The lowest BCUT2D eigenvalue weighted by Crippen LogP contribution is -2.61. The fourth-order valence-electron chi connectivity index (χ4n) is 6.30. The number of rotatable bonds is 7. The van der Waals surface area contributed by atoms with Gasteiger partial charge < -0.3 is 20.5 Å². The van der Waals surface area contributed by atoms with Crippen molar-refractivity contribution in [3.8, 4) is 5.88 Å². The number of hydrogen-bond donors (Lipinski definition) is 2. The van der Waals surface area contributed by atoms with Crippen LogP contribution in [0, 0.1) is 0 Å². The number of aromatic nitrogens is 3. The fourth-order valence-corrected chi connectivity index (χ4v) is 6.30. The fraction of sp³-hybridized carbons (Fsp3) is 0.500. The van der Waals surface area contributed by atoms with E-state index in [2.05, 4.69) is 15.3 Å². The summed E-state index contributed by atoms with van der Waals surface area (Å²) in [5.41, 5.74) is 4.25. The maximum atomic E-state index is 13.7. The molecule has 47 heavy (non-hydrogen) atoms. The van der Waals surface area contributed by atoms with E-state index in [1.807, 2.05) is 6.92 Å². The van der Waals surface area contributed by atoms with Crippen molar-refractivity contribution in [1.29, 1.82) is 0 Å². The number of nitrogens with two attached hydrogens (primary N) is 1. The minimum atomic E-state index is -4.99. The number of ether oxygens (including phenoxy) is 2. The van der Waals surface area contributed by atoms with Crippen molar-refractivity contribution in [1.82, 2.24) is 20.3 Å². The van der Waals surface area contributed by atoms with E-state index in [1.165, 1.54) is 12.0 Å². The van der Waals surface area contributed by atoms with Crippen LogP contribution in [-0.4, -0.2) is 53.5 Å². The van der Waals surface area contributed by atoms with Gasteiger partial charge in [0.2, 0.25) is 5.88 Å². The molecule has 4 heterocycles. The molecule has 1 saturated heterocycles. The van der Waals surface area contributed by atoms with Crippen LogP contribution in [0.15, 0.2) is 36.5 Å². The predicted molar refractivity (Wildman–Crippen MR) is 160 cm³/mol. The first-order valence-electron chi connectivity index (χ1n) is 15.3. The number of carbonyl (C=O) groups excluding carboxylic acids is 1. The number of alkyl halides is 6. The van der Waals surface area contributed by atoms with E-state index < -0.39 is 41.2 Å². The molecule has 9 nitrogen and oxygen atoms in total. The van der Waals surface area contributed by atoms with Crippen molar-refractivity contribution in [3.05, 3.63) is 76.0 Å². The third-order valence-electron chi connectivity index (χ3n) is 8.71. The molecule has 2 aromatic heterocycles. The van der Waals surface area contributed by atoms with Gasteiger partial charge in [-0.3, -0.25) is 4.90 Å². The number of halogens is 6. The summed E-state index contributed by atoms with van der Waals surface area (Å²) < 4.78 is 93.1. The molecule has 0 radical (unpaired) electrons. The van der Waals surface area contributed by atoms with E-state index in [9.17, 15) is 31.1 Å². The second-order valence-electron chi connectivity index (χ2n) is 11.8. The number of benzene rings is 1. The van der Waals surface area contributed by atoms with Crippen molar-refractivity contribution in [2.45, 2.75) is 75.8 Å². The van der Waals surface area contributed by atoms with Gasteiger partial charge in [0.25, 0.3) is 0 Å². The molecule has 2 aliphatic rings. The van der Waals surface area contributed by atoms with Gasteiger partial charge >= 0.3 is 18.4 Å². The summed E-state index contributed by atoms with van der Waals surface area (Å²) in [5, 5.41) is 3.29. The minimum Gasteiger partial charge on any atom is -0.481 e. The summed E-state index contributed by atoms with van der Waals surface area (Å²) in [6, 6.07) is 4.76. The smallest absolute Gasteiger partial charge is 0.416 e. The monoisotopic (exact) mass is 666 g/mol. The number of methoxy groups -OCH3 is 1. The van der Waals surface area contributed by atoms with Gasteiger partial charge in [-0.25, -0.2) is 19.7 Å². The van der Waals surface area contributed by atoms with Gasteiger partial charge in [-0.05, 0) is 80.5 Å². The molecular formula is C32H36F6N6O3. The maximum Gasteiger partial charge on any atom is 0.416 e. The second kappa shape index (κ2) is 13.3. The Labute approximate surface area is 267 Å². The van der Waals surface area contributed by atoms with E-state index >= 15 is 0 Å². The van der Waals surface area contributed by atoms with Crippen LogP contribution >= 0.6 is 0 Å². The standard InChI is InChI=1S/C32H36F6N6O3/c1-4-30(39)15-22(27-25(8-9-26(43-27)46-3)44(30)29(45)47-5-2)28-41-17-23(19-7-6-10-40-16-19)24(42-28)13-18-11-20(31(33,34)35)14-21(12-18)32(36,37)38/h8-9,11-12,14,17,19,22,40H,4-7,10,13,15-16,39H2,1-3H3/t19?,22-,30+/m0/s1. The third kappa shape index (κ3) is 7.15. The minimum absolute atomic E-state index is 0.0982. The van der Waals surface area contributed by atoms with Crippen molar-refractivity contribution in [3.63, 3.8) is 0 Å². The van der Waals surface area contributed by atoms with Crippen LogP contribution in [0.3, 0.4) is 0 Å². The third-order valence-corrected chi connectivity index (χ3v) is 8.71. The lowest BCUT2D eigenvalue weighted by Gasteiger charge is -2.46. The molecule has 254 valence electrons. The number of piperidine rings is 1. The molecular weight excluding hydrogens is 630 g/mol. The van der Waals surface area contributed by atoms with Gasteiger partial charge in [0.15, 0.2) is 0 Å². The normalized spacial score (nSPS) is 21.7. The molecule has 3 N–H and O–H groups in total. The maximum absolute atomic E-state index is 13.7. The number of pyridine rings is 1. The molecule has 15 heteroatoms. The molecule has 0 bridgehead atoms. The molecule has 3 aromatic rings. The van der Waals surface area contributed by atoms with Crippen molar-refractivity contribution >= 4 is 11.8 Å². The Morgan fingerprint density at radius 2 is 1.79 bits per heavy atom. The number of nitrogens with zero attached hydrogens (tertiary/aromatic N) is 4. The molecule has 1 amide bonds. The van der Waals surface area contributed by atoms with E-state index in [1.54, 1.807) is 25.3 Å². The summed E-state index contributed by atoms with van der Waals surface area (Å²) in [5.74, 6) is -0.363. The Balaban J connectivity index is 1.67. The lowest BCUT2D eigenvalue weighted by molar-refractivity contribution is -0.143. The van der Waals surface area contributed by atoms with Crippen LogP contribution in [0.1, 0.15) is 90.8 Å². The summed E-state index contributed by atoms with van der Waals surface area (Å²) in [4.78, 5) is 28.7. The number of amides is 1. The summed E-state index contributed by atoms with van der Waals surface area (Å²) in [6.07, 6.45) is -7.41. The summed E-state index contributed by atoms with van der Waals surface area (Å²) in [6.45, 7) is 4.91. The molecule has 0 saturated carbocycles. The van der Waals surface area contributed by atoms with Crippen LogP contribution in [0.2, 0.25) is 0 Å². The number of carbonyl (C=O) groups is 1. The first-order chi connectivity index (χ1) is 22.2. The Morgan fingerprint density at radius 3 is 2.36 bits per heavy atom. The van der Waals surface area contributed by atoms with E-state index in [4.69, 9.17) is 20.2 Å². The highest BCUT2D eigenvalue weighted by Crippen LogP contribution is 2.46. The average Bonchev–Trinajstić information content (AvgIpc) is 3.03. The Hall–Kier alpha value is -3.98. The highest BCUT2D eigenvalue weighted by Gasteiger charge is 2.47. The molecule has 1 aromatic carbocycles. The number of nitrogens with one attached hydrogen (secondary N) is 1. The highest BCUT2D eigenvalue weighted by atomic mass is 19.4. The van der Waals surface area contributed by atoms with Crippen LogP contribution in [0.4, 0.5) is 36.8 Å². The summed E-state index contributed by atoms with van der Waals surface area (Å²) >= 11 is 0. The average molecular weight is 667 g/mol. The number of hydrogen-bond acceptors (Lipinski definition) is 8. The molecule has 0 spiro atoms. The molecule has 1 fully saturated rings. The topological polar surface area (TPSA) is 115 Å². The second-order valence-corrected chi connectivity index (χ2v) is 11.8. The van der Waals surface area contributed by atoms with Crippen LogP contribution < -0.4 is 20.7 Å². The Kier molecular flexibility index (Phi) is 9.69. The molecule has 5 rings (SSSR count). The van der Waals surface area contributed by atoms with E-state index in [0.29, 0.717) is 35.6 Å². The van der Waals surface area contributed by atoms with Gasteiger partial charge in [-0.2, -0.15) is 26.3 Å². The Morgan fingerprint density at radius 1 is 1.09 bits per heavy atom. The molecule has 2 aliphatic heterocycles. The van der Waals surface area contributed by atoms with E-state index in [0.717, 1.165) is 31.5 Å². The predicted octanol–water partition coefficient (Wildman–Crippen LogP) is 6.54. The Bertz CT molecular complexity index is 1580. The highest BCUT2D eigenvalue weighted by molar-refractivity contribution is 5.91. The zero-order chi connectivity index (χ0) is 34.1. The van der Waals surface area contributed by atoms with Gasteiger partial charge in [0.05, 0.1) is 47.8 Å². The summed E-state index contributed by atoms with van der Waals surface area (Å²) in [7, 11) is 1.43. The number of anilines is 1. The zero-order valence-corrected chi connectivity index (χ0v) is 26.1.